The zero-order valence-corrected chi connectivity index (χ0v) is 38.0. The summed E-state index contributed by atoms with van der Waals surface area (Å²) in [5.74, 6) is 0. The highest BCUT2D eigenvalue weighted by Gasteiger charge is 2.25. The first-order valence-electron chi connectivity index (χ1n) is 22.1. The van der Waals surface area contributed by atoms with Crippen LogP contribution in [0.3, 0.4) is 0 Å². The maximum atomic E-state index is 6.28. The molecule has 0 unspecified atom stereocenters. The van der Waals surface area contributed by atoms with Crippen LogP contribution in [0.15, 0.2) is 144 Å². The molecule has 0 bridgehead atoms. The highest BCUT2D eigenvalue weighted by molar-refractivity contribution is 6.16. The van der Waals surface area contributed by atoms with Crippen molar-refractivity contribution >= 4 is 43.9 Å². The Morgan fingerprint density at radius 1 is 0.429 bits per heavy atom. The number of benzene rings is 5. The van der Waals surface area contributed by atoms with Crippen molar-refractivity contribution in [3.05, 3.63) is 162 Å². The van der Waals surface area contributed by atoms with E-state index in [1.807, 2.05) is 19.2 Å². The topological polar surface area (TPSA) is 67.6 Å². The second-order valence-electron chi connectivity index (χ2n) is 20.4. The van der Waals surface area contributed by atoms with Crippen molar-refractivity contribution in [1.82, 2.24) is 19.9 Å². The van der Waals surface area contributed by atoms with E-state index in [0.717, 1.165) is 89.1 Å². The van der Waals surface area contributed by atoms with Crippen molar-refractivity contribution in [2.75, 3.05) is 0 Å². The second kappa shape index (κ2) is 14.6. The average molecular weight is 823 g/mol. The van der Waals surface area contributed by atoms with Gasteiger partial charge in [-0.25, -0.2) is 9.97 Å². The van der Waals surface area contributed by atoms with Gasteiger partial charge in [-0.2, -0.15) is 0 Å². The van der Waals surface area contributed by atoms with E-state index in [2.05, 4.69) is 200 Å². The fourth-order valence-electron chi connectivity index (χ4n) is 8.82. The van der Waals surface area contributed by atoms with Crippen LogP contribution in [-0.4, -0.2) is 19.9 Å². The zero-order valence-electron chi connectivity index (χ0n) is 38.0. The Bertz CT molecular complexity index is 3400. The van der Waals surface area contributed by atoms with Crippen LogP contribution in [0.4, 0.5) is 0 Å². The minimum absolute atomic E-state index is 0.00450. The van der Waals surface area contributed by atoms with Crippen LogP contribution in [0, 0.1) is 6.92 Å². The summed E-state index contributed by atoms with van der Waals surface area (Å²) in [4.78, 5) is 19.3. The Hall–Kier alpha value is -6.85. The molecule has 0 aliphatic rings. The normalized spacial score (nSPS) is 12.6. The number of nitrogens with one attached hydrogen (secondary N) is 1. The number of hydrogen-bond donors (Lipinski definition) is 1. The van der Waals surface area contributed by atoms with E-state index in [0.29, 0.717) is 5.71 Å². The van der Waals surface area contributed by atoms with Crippen LogP contribution in [0.5, 0.6) is 0 Å². The molecule has 5 heterocycles. The SMILES string of the molecule is Cc1ccc2c(n1)oc1cc(-c3ccnc(-c4cc(C(C)(C)C)cc5c4[nH]c4c(-c6cc(-c7ccccc7)cc(-c7cccc(C(C)(C)C)c7)n6)cc(C(C)(C)C)cc45)c3)ccc12. The summed E-state index contributed by atoms with van der Waals surface area (Å²) < 4.78 is 6.28. The van der Waals surface area contributed by atoms with E-state index in [9.17, 15) is 0 Å². The van der Waals surface area contributed by atoms with E-state index in [-0.39, 0.29) is 16.2 Å². The first kappa shape index (κ1) is 40.2. The van der Waals surface area contributed by atoms with E-state index < -0.39 is 0 Å². The van der Waals surface area contributed by atoms with E-state index in [1.54, 1.807) is 0 Å². The van der Waals surface area contributed by atoms with Gasteiger partial charge in [-0.05, 0) is 141 Å². The molecule has 63 heavy (non-hydrogen) atoms. The third-order valence-electron chi connectivity index (χ3n) is 12.6. The van der Waals surface area contributed by atoms with Crippen LogP contribution < -0.4 is 0 Å². The third-order valence-corrected chi connectivity index (χ3v) is 12.6. The summed E-state index contributed by atoms with van der Waals surface area (Å²) in [5, 5.41) is 4.45. The zero-order chi connectivity index (χ0) is 44.0. The Kier molecular flexibility index (Phi) is 9.34. The van der Waals surface area contributed by atoms with Gasteiger partial charge in [-0.15, -0.1) is 0 Å². The van der Waals surface area contributed by atoms with Crippen molar-refractivity contribution in [2.24, 2.45) is 0 Å². The van der Waals surface area contributed by atoms with Gasteiger partial charge in [-0.1, -0.05) is 117 Å². The number of furan rings is 1. The molecule has 0 aliphatic heterocycles. The summed E-state index contributed by atoms with van der Waals surface area (Å²) in [6, 6.07) is 48.4. The Labute approximate surface area is 370 Å². The van der Waals surface area contributed by atoms with Crippen LogP contribution in [0.25, 0.3) is 99.9 Å². The smallest absolute Gasteiger partial charge is 0.227 e. The number of aryl methyl sites for hydroxylation is 1. The van der Waals surface area contributed by atoms with E-state index >= 15 is 0 Å². The number of fused-ring (bicyclic) bond motifs is 6. The number of aromatic amines is 1. The molecule has 0 atom stereocenters. The summed E-state index contributed by atoms with van der Waals surface area (Å²) in [6.45, 7) is 22.5. The molecule has 0 aliphatic carbocycles. The van der Waals surface area contributed by atoms with Gasteiger partial charge in [0.25, 0.3) is 0 Å². The molecule has 312 valence electrons. The van der Waals surface area contributed by atoms with Crippen LogP contribution in [0.1, 0.15) is 84.7 Å². The molecule has 0 saturated carbocycles. The lowest BCUT2D eigenvalue weighted by molar-refractivity contribution is 0.590. The highest BCUT2D eigenvalue weighted by atomic mass is 16.3. The maximum Gasteiger partial charge on any atom is 0.227 e. The first-order valence-corrected chi connectivity index (χ1v) is 22.1. The second-order valence-corrected chi connectivity index (χ2v) is 20.4. The Balaban J connectivity index is 1.21. The van der Waals surface area contributed by atoms with Crippen molar-refractivity contribution in [3.63, 3.8) is 0 Å². The van der Waals surface area contributed by atoms with Gasteiger partial charge in [0.15, 0.2) is 0 Å². The largest absolute Gasteiger partial charge is 0.438 e. The van der Waals surface area contributed by atoms with Gasteiger partial charge >= 0.3 is 0 Å². The lowest BCUT2D eigenvalue weighted by Gasteiger charge is -2.22. The monoisotopic (exact) mass is 822 g/mol. The molecule has 5 nitrogen and oxygen atoms in total. The predicted molar refractivity (Wildman–Crippen MR) is 264 cm³/mol. The molecule has 0 saturated heterocycles. The molecular weight excluding hydrogens is 769 g/mol. The molecule has 5 heteroatoms. The molecule has 0 amide bonds. The fourth-order valence-corrected chi connectivity index (χ4v) is 8.82. The molecule has 10 aromatic rings. The van der Waals surface area contributed by atoms with Gasteiger partial charge in [0, 0.05) is 50.1 Å². The maximum absolute atomic E-state index is 6.28. The lowest BCUT2D eigenvalue weighted by Crippen LogP contribution is -2.11. The number of hydrogen-bond acceptors (Lipinski definition) is 4. The average Bonchev–Trinajstić information content (AvgIpc) is 3.82. The third kappa shape index (κ3) is 7.39. The number of pyridine rings is 3. The van der Waals surface area contributed by atoms with Crippen LogP contribution in [0.2, 0.25) is 0 Å². The summed E-state index contributed by atoms with van der Waals surface area (Å²) >= 11 is 0. The molecule has 0 spiro atoms. The minimum Gasteiger partial charge on any atom is -0.438 e. The van der Waals surface area contributed by atoms with Crippen LogP contribution in [-0.2, 0) is 16.2 Å². The van der Waals surface area contributed by atoms with E-state index in [1.165, 1.54) is 27.5 Å². The van der Waals surface area contributed by atoms with Crippen molar-refractivity contribution < 1.29 is 4.42 Å². The van der Waals surface area contributed by atoms with Gasteiger partial charge in [0.1, 0.15) is 5.58 Å². The van der Waals surface area contributed by atoms with Gasteiger partial charge in [0.2, 0.25) is 5.71 Å². The van der Waals surface area contributed by atoms with Crippen molar-refractivity contribution in [2.45, 2.75) is 85.5 Å². The van der Waals surface area contributed by atoms with Gasteiger partial charge < -0.3 is 9.40 Å². The number of H-pyrrole nitrogens is 1. The van der Waals surface area contributed by atoms with Crippen molar-refractivity contribution in [1.29, 1.82) is 0 Å². The summed E-state index contributed by atoms with van der Waals surface area (Å²) in [7, 11) is 0. The molecule has 5 aromatic heterocycles. The summed E-state index contributed by atoms with van der Waals surface area (Å²) in [6.07, 6.45) is 1.93. The van der Waals surface area contributed by atoms with E-state index in [4.69, 9.17) is 14.4 Å². The molecule has 5 aromatic carbocycles. The number of rotatable bonds is 5. The van der Waals surface area contributed by atoms with Gasteiger partial charge in [-0.3, -0.25) is 4.98 Å². The quantitative estimate of drug-likeness (QED) is 0.188. The Morgan fingerprint density at radius 3 is 1.71 bits per heavy atom. The van der Waals surface area contributed by atoms with Crippen LogP contribution >= 0.6 is 0 Å². The number of aromatic nitrogens is 4. The lowest BCUT2D eigenvalue weighted by atomic mass is 9.83. The Morgan fingerprint density at radius 2 is 1.03 bits per heavy atom. The molecule has 10 rings (SSSR count). The molecule has 1 N–H and O–H groups in total. The minimum atomic E-state index is -0.121. The number of nitrogens with zero attached hydrogens (tertiary/aromatic N) is 3. The predicted octanol–water partition coefficient (Wildman–Crippen LogP) is 15.9. The summed E-state index contributed by atoms with van der Waals surface area (Å²) in [5.41, 5.74) is 18.5. The standard InChI is InChI=1S/C58H54N4O/c1-34-19-21-44-43-22-20-36(29-52(43)63-55(44)60-34)37-23-24-59-50(26-37)47-32-41(57(5,6)7)30-45-46-31-42(58(8,9)10)33-48(54(46)62-53(45)47)51-28-39(35-15-12-11-13-16-35)27-49(61-51)38-17-14-18-40(25-38)56(2,3)4/h11-33,62H,1-10H3. The molecular formula is C58H54N4O. The van der Waals surface area contributed by atoms with Gasteiger partial charge in [0.05, 0.1) is 28.1 Å². The first-order chi connectivity index (χ1) is 30.0. The fraction of sp³-hybridized carbons (Fsp3) is 0.224. The highest BCUT2D eigenvalue weighted by Crippen LogP contribution is 2.44. The molecule has 0 fully saturated rings. The molecule has 0 radical (unpaired) electrons. The van der Waals surface area contributed by atoms with Crippen molar-refractivity contribution in [3.8, 4) is 56.0 Å².